The highest BCUT2D eigenvalue weighted by atomic mass is 16.1. The minimum atomic E-state index is 0.172. The summed E-state index contributed by atoms with van der Waals surface area (Å²) in [4.78, 5) is 20.2. The van der Waals surface area contributed by atoms with Gasteiger partial charge in [0.15, 0.2) is 0 Å². The normalized spacial score (nSPS) is 18.6. The van der Waals surface area contributed by atoms with Crippen molar-refractivity contribution in [2.45, 2.75) is 89.5 Å². The van der Waals surface area contributed by atoms with Crippen LogP contribution in [0.5, 0.6) is 0 Å². The molecular weight excluding hydrogens is 286 g/mol. The molecule has 2 rings (SSSR count). The molecule has 1 aliphatic carbocycles. The maximum atomic E-state index is 12.2. The van der Waals surface area contributed by atoms with Crippen molar-refractivity contribution in [2.24, 2.45) is 0 Å². The molecule has 1 aliphatic rings. The van der Waals surface area contributed by atoms with Crippen LogP contribution in [0.3, 0.4) is 0 Å². The van der Waals surface area contributed by atoms with Gasteiger partial charge in [0.25, 0.3) is 0 Å². The molecule has 128 valence electrons. The molecular formula is C19H31N3O. The van der Waals surface area contributed by atoms with E-state index in [2.05, 4.69) is 15.3 Å². The van der Waals surface area contributed by atoms with Crippen molar-refractivity contribution in [3.8, 4) is 0 Å². The number of hydrogen-bond acceptors (Lipinski definition) is 3. The topological polar surface area (TPSA) is 54.9 Å². The van der Waals surface area contributed by atoms with E-state index < -0.39 is 0 Å². The number of nitrogens with zero attached hydrogens (tertiary/aromatic N) is 2. The molecule has 1 aromatic heterocycles. The molecule has 0 aromatic carbocycles. The fourth-order valence-corrected chi connectivity index (χ4v) is 3.32. The Labute approximate surface area is 140 Å². The van der Waals surface area contributed by atoms with Crippen LogP contribution in [-0.4, -0.2) is 21.9 Å². The van der Waals surface area contributed by atoms with Crippen LogP contribution in [0.25, 0.3) is 0 Å². The standard InChI is InChI=1S/C19H31N3O/c23-19(13-12-17-14-20-16-21-15-17)22-18-10-8-6-4-2-1-3-5-7-9-11-18/h14-16,18H,1-13H2,(H,22,23). The Kier molecular flexibility index (Phi) is 8.67. The summed E-state index contributed by atoms with van der Waals surface area (Å²) < 4.78 is 0. The average molecular weight is 317 g/mol. The SMILES string of the molecule is O=C(CCc1cncnc1)NC1CCCCCCCCCCC1. The first-order valence-corrected chi connectivity index (χ1v) is 9.38. The lowest BCUT2D eigenvalue weighted by Crippen LogP contribution is -2.35. The Balaban J connectivity index is 1.72. The predicted octanol–water partition coefficient (Wildman–Crippen LogP) is 4.20. The van der Waals surface area contributed by atoms with E-state index in [1.807, 2.05) is 0 Å². The molecule has 4 nitrogen and oxygen atoms in total. The van der Waals surface area contributed by atoms with Crippen LogP contribution in [-0.2, 0) is 11.2 Å². The molecule has 1 heterocycles. The van der Waals surface area contributed by atoms with Gasteiger partial charge in [-0.05, 0) is 24.8 Å². The first-order chi connectivity index (χ1) is 11.3. The molecule has 0 unspecified atom stereocenters. The first-order valence-electron chi connectivity index (χ1n) is 9.38. The summed E-state index contributed by atoms with van der Waals surface area (Å²) in [5.74, 6) is 0.172. The highest BCUT2D eigenvalue weighted by molar-refractivity contribution is 5.76. The van der Waals surface area contributed by atoms with E-state index in [0.29, 0.717) is 12.5 Å². The number of carbonyl (C=O) groups excluding carboxylic acids is 1. The van der Waals surface area contributed by atoms with E-state index in [4.69, 9.17) is 0 Å². The molecule has 1 fully saturated rings. The lowest BCUT2D eigenvalue weighted by molar-refractivity contribution is -0.121. The number of nitrogens with one attached hydrogen (secondary N) is 1. The molecule has 1 aromatic rings. The average Bonchev–Trinajstić information content (AvgIpc) is 2.56. The maximum Gasteiger partial charge on any atom is 0.220 e. The van der Waals surface area contributed by atoms with Crippen molar-refractivity contribution in [1.82, 2.24) is 15.3 Å². The third-order valence-electron chi connectivity index (χ3n) is 4.73. The van der Waals surface area contributed by atoms with Gasteiger partial charge < -0.3 is 5.32 Å². The Morgan fingerprint density at radius 1 is 0.913 bits per heavy atom. The summed E-state index contributed by atoms with van der Waals surface area (Å²) in [7, 11) is 0. The second-order valence-corrected chi connectivity index (χ2v) is 6.77. The summed E-state index contributed by atoms with van der Waals surface area (Å²) in [5.41, 5.74) is 1.03. The smallest absolute Gasteiger partial charge is 0.220 e. The second kappa shape index (κ2) is 11.1. The van der Waals surface area contributed by atoms with Crippen LogP contribution in [0.15, 0.2) is 18.7 Å². The third kappa shape index (κ3) is 8.10. The summed E-state index contributed by atoms with van der Waals surface area (Å²) in [6, 6.07) is 0.369. The summed E-state index contributed by atoms with van der Waals surface area (Å²) in [6.07, 6.45) is 20.6. The van der Waals surface area contributed by atoms with Crippen LogP contribution in [0.2, 0.25) is 0 Å². The number of hydrogen-bond donors (Lipinski definition) is 1. The number of amides is 1. The molecule has 0 atom stereocenters. The van der Waals surface area contributed by atoms with Crippen molar-refractivity contribution < 1.29 is 4.79 Å². The van der Waals surface area contributed by atoms with Gasteiger partial charge in [-0.2, -0.15) is 0 Å². The van der Waals surface area contributed by atoms with Crippen molar-refractivity contribution in [3.63, 3.8) is 0 Å². The third-order valence-corrected chi connectivity index (χ3v) is 4.73. The Hall–Kier alpha value is -1.45. The number of carbonyl (C=O) groups is 1. The quantitative estimate of drug-likeness (QED) is 0.905. The largest absolute Gasteiger partial charge is 0.353 e. The number of aromatic nitrogens is 2. The number of aryl methyl sites for hydroxylation is 1. The van der Waals surface area contributed by atoms with E-state index in [-0.39, 0.29) is 5.91 Å². The Morgan fingerprint density at radius 2 is 1.43 bits per heavy atom. The van der Waals surface area contributed by atoms with Gasteiger partial charge in [-0.25, -0.2) is 9.97 Å². The van der Waals surface area contributed by atoms with E-state index in [1.54, 1.807) is 12.4 Å². The molecule has 1 N–H and O–H groups in total. The molecule has 1 amide bonds. The van der Waals surface area contributed by atoms with Gasteiger partial charge in [0.2, 0.25) is 5.91 Å². The van der Waals surface area contributed by atoms with Gasteiger partial charge in [-0.1, -0.05) is 57.8 Å². The summed E-state index contributed by atoms with van der Waals surface area (Å²) in [5, 5.41) is 3.26. The highest BCUT2D eigenvalue weighted by Crippen LogP contribution is 2.17. The van der Waals surface area contributed by atoms with Crippen LogP contribution in [0, 0.1) is 0 Å². The molecule has 4 heteroatoms. The highest BCUT2D eigenvalue weighted by Gasteiger charge is 2.12. The molecule has 0 spiro atoms. The zero-order chi connectivity index (χ0) is 16.2. The lowest BCUT2D eigenvalue weighted by Gasteiger charge is -2.19. The van der Waals surface area contributed by atoms with E-state index in [9.17, 15) is 4.79 Å². The fraction of sp³-hybridized carbons (Fsp3) is 0.737. The van der Waals surface area contributed by atoms with Gasteiger partial charge in [0.05, 0.1) is 0 Å². The van der Waals surface area contributed by atoms with Gasteiger partial charge in [0, 0.05) is 24.9 Å². The summed E-state index contributed by atoms with van der Waals surface area (Å²) >= 11 is 0. The Morgan fingerprint density at radius 3 is 2.00 bits per heavy atom. The lowest BCUT2D eigenvalue weighted by atomic mass is 9.98. The van der Waals surface area contributed by atoms with Crippen molar-refractivity contribution in [1.29, 1.82) is 0 Å². The van der Waals surface area contributed by atoms with Crippen LogP contribution in [0.1, 0.15) is 82.6 Å². The van der Waals surface area contributed by atoms with E-state index in [0.717, 1.165) is 24.8 Å². The van der Waals surface area contributed by atoms with Gasteiger partial charge in [-0.3, -0.25) is 4.79 Å². The summed E-state index contributed by atoms with van der Waals surface area (Å²) in [6.45, 7) is 0. The number of rotatable bonds is 4. The molecule has 0 aliphatic heterocycles. The molecule has 0 bridgehead atoms. The van der Waals surface area contributed by atoms with Gasteiger partial charge in [-0.15, -0.1) is 0 Å². The molecule has 23 heavy (non-hydrogen) atoms. The second-order valence-electron chi connectivity index (χ2n) is 6.77. The first kappa shape index (κ1) is 17.9. The van der Waals surface area contributed by atoms with Crippen LogP contribution >= 0.6 is 0 Å². The Bertz CT molecular complexity index is 424. The van der Waals surface area contributed by atoms with Gasteiger partial charge in [0.1, 0.15) is 6.33 Å². The molecule has 1 saturated carbocycles. The van der Waals surface area contributed by atoms with Crippen molar-refractivity contribution in [2.75, 3.05) is 0 Å². The van der Waals surface area contributed by atoms with Crippen LogP contribution < -0.4 is 5.32 Å². The molecule has 0 radical (unpaired) electrons. The van der Waals surface area contributed by atoms with E-state index in [1.165, 1.54) is 64.1 Å². The van der Waals surface area contributed by atoms with Gasteiger partial charge >= 0.3 is 0 Å². The van der Waals surface area contributed by atoms with Crippen LogP contribution in [0.4, 0.5) is 0 Å². The molecule has 0 saturated heterocycles. The van der Waals surface area contributed by atoms with E-state index >= 15 is 0 Å². The minimum Gasteiger partial charge on any atom is -0.353 e. The minimum absolute atomic E-state index is 0.172. The van der Waals surface area contributed by atoms with Crippen molar-refractivity contribution >= 4 is 5.91 Å². The zero-order valence-corrected chi connectivity index (χ0v) is 14.3. The monoisotopic (exact) mass is 317 g/mol. The maximum absolute atomic E-state index is 12.2. The zero-order valence-electron chi connectivity index (χ0n) is 14.3. The fourth-order valence-electron chi connectivity index (χ4n) is 3.32. The predicted molar refractivity (Wildman–Crippen MR) is 93.1 cm³/mol. The van der Waals surface area contributed by atoms with Crippen molar-refractivity contribution in [3.05, 3.63) is 24.3 Å².